The van der Waals surface area contributed by atoms with E-state index in [-0.39, 0.29) is 5.92 Å². The molecule has 0 saturated heterocycles. The zero-order valence-corrected chi connectivity index (χ0v) is 11.8. The molecule has 0 bridgehead atoms. The first kappa shape index (κ1) is 14.1. The van der Waals surface area contributed by atoms with Gasteiger partial charge in [-0.2, -0.15) is 0 Å². The Balaban J connectivity index is 1.77. The molecule has 2 unspecified atom stereocenters. The van der Waals surface area contributed by atoms with E-state index >= 15 is 0 Å². The lowest BCUT2D eigenvalue weighted by atomic mass is 9.75. The Hall–Kier alpha value is -1.31. The predicted molar refractivity (Wildman–Crippen MR) is 77.3 cm³/mol. The molecule has 2 atom stereocenters. The Bertz CT molecular complexity index is 386. The quantitative estimate of drug-likeness (QED) is 0.764. The molecule has 0 heterocycles. The van der Waals surface area contributed by atoms with Gasteiger partial charge in [0.05, 0.1) is 6.61 Å². The second kappa shape index (κ2) is 7.32. The standard InChI is InChI=1S/C17H24O2/c1-2-14-8-6-7-11-16(14)17(18)12-13-19-15-9-4-3-5-10-15/h3-5,9-10,14,16H,2,6-8,11-13H2,1H3. The molecule has 1 aromatic rings. The summed E-state index contributed by atoms with van der Waals surface area (Å²) in [5.41, 5.74) is 0. The average Bonchev–Trinajstić information content (AvgIpc) is 2.48. The van der Waals surface area contributed by atoms with E-state index in [0.29, 0.717) is 24.7 Å². The maximum Gasteiger partial charge on any atom is 0.139 e. The number of hydrogen-bond acceptors (Lipinski definition) is 2. The van der Waals surface area contributed by atoms with Crippen molar-refractivity contribution in [1.82, 2.24) is 0 Å². The van der Waals surface area contributed by atoms with E-state index in [1.54, 1.807) is 0 Å². The summed E-state index contributed by atoms with van der Waals surface area (Å²) in [6.07, 6.45) is 6.51. The van der Waals surface area contributed by atoms with Gasteiger partial charge < -0.3 is 4.74 Å². The second-order valence-corrected chi connectivity index (χ2v) is 5.44. The van der Waals surface area contributed by atoms with Gasteiger partial charge in [-0.15, -0.1) is 0 Å². The van der Waals surface area contributed by atoms with Crippen LogP contribution in [0.5, 0.6) is 5.75 Å². The molecule has 1 saturated carbocycles. The largest absolute Gasteiger partial charge is 0.493 e. The maximum atomic E-state index is 12.3. The van der Waals surface area contributed by atoms with E-state index < -0.39 is 0 Å². The summed E-state index contributed by atoms with van der Waals surface area (Å²) >= 11 is 0. The smallest absolute Gasteiger partial charge is 0.139 e. The fourth-order valence-corrected chi connectivity index (χ4v) is 3.09. The van der Waals surface area contributed by atoms with E-state index in [1.807, 2.05) is 30.3 Å². The van der Waals surface area contributed by atoms with Crippen molar-refractivity contribution in [2.24, 2.45) is 11.8 Å². The van der Waals surface area contributed by atoms with Gasteiger partial charge in [0.1, 0.15) is 11.5 Å². The third-order valence-corrected chi connectivity index (χ3v) is 4.21. The first-order valence-corrected chi connectivity index (χ1v) is 7.52. The van der Waals surface area contributed by atoms with Crippen LogP contribution >= 0.6 is 0 Å². The lowest BCUT2D eigenvalue weighted by Gasteiger charge is -2.29. The minimum atomic E-state index is 0.290. The van der Waals surface area contributed by atoms with Crippen LogP contribution in [0.2, 0.25) is 0 Å². The van der Waals surface area contributed by atoms with Crippen LogP contribution in [0, 0.1) is 11.8 Å². The first-order chi connectivity index (χ1) is 9.31. The SMILES string of the molecule is CCC1CCCCC1C(=O)CCOc1ccccc1. The van der Waals surface area contributed by atoms with Gasteiger partial charge in [0.15, 0.2) is 0 Å². The zero-order valence-electron chi connectivity index (χ0n) is 11.8. The maximum absolute atomic E-state index is 12.3. The van der Waals surface area contributed by atoms with Crippen LogP contribution in [0.15, 0.2) is 30.3 Å². The Morgan fingerprint density at radius 3 is 2.68 bits per heavy atom. The van der Waals surface area contributed by atoms with Gasteiger partial charge in [-0.1, -0.05) is 44.4 Å². The van der Waals surface area contributed by atoms with Crippen LogP contribution in [0.3, 0.4) is 0 Å². The van der Waals surface area contributed by atoms with Crippen molar-refractivity contribution in [3.63, 3.8) is 0 Å². The highest BCUT2D eigenvalue weighted by Crippen LogP contribution is 2.33. The summed E-state index contributed by atoms with van der Waals surface area (Å²) in [6.45, 7) is 2.71. The number of carbonyl (C=O) groups is 1. The fraction of sp³-hybridized carbons (Fsp3) is 0.588. The topological polar surface area (TPSA) is 26.3 Å². The highest BCUT2D eigenvalue weighted by molar-refractivity contribution is 5.81. The fourth-order valence-electron chi connectivity index (χ4n) is 3.09. The Morgan fingerprint density at radius 2 is 1.95 bits per heavy atom. The molecule has 19 heavy (non-hydrogen) atoms. The number of rotatable bonds is 6. The van der Waals surface area contributed by atoms with Crippen molar-refractivity contribution in [3.8, 4) is 5.75 Å². The van der Waals surface area contributed by atoms with Crippen LogP contribution in [-0.4, -0.2) is 12.4 Å². The van der Waals surface area contributed by atoms with E-state index in [2.05, 4.69) is 6.92 Å². The Kier molecular flexibility index (Phi) is 5.44. The molecule has 0 amide bonds. The second-order valence-electron chi connectivity index (χ2n) is 5.44. The molecule has 1 aromatic carbocycles. The molecule has 0 spiro atoms. The summed E-state index contributed by atoms with van der Waals surface area (Å²) in [7, 11) is 0. The number of para-hydroxylation sites is 1. The van der Waals surface area contributed by atoms with Crippen LogP contribution in [-0.2, 0) is 4.79 Å². The van der Waals surface area contributed by atoms with Crippen molar-refractivity contribution >= 4 is 5.78 Å². The summed E-state index contributed by atoms with van der Waals surface area (Å²) in [6, 6.07) is 9.72. The number of benzene rings is 1. The van der Waals surface area contributed by atoms with Crippen LogP contribution in [0.4, 0.5) is 0 Å². The summed E-state index contributed by atoms with van der Waals surface area (Å²) in [5.74, 6) is 2.16. The van der Waals surface area contributed by atoms with E-state index in [1.165, 1.54) is 19.3 Å². The van der Waals surface area contributed by atoms with Crippen LogP contribution in [0.25, 0.3) is 0 Å². The van der Waals surface area contributed by atoms with Crippen LogP contribution < -0.4 is 4.74 Å². The molecular formula is C17H24O2. The van der Waals surface area contributed by atoms with Gasteiger partial charge in [-0.25, -0.2) is 0 Å². The number of hydrogen-bond donors (Lipinski definition) is 0. The van der Waals surface area contributed by atoms with Crippen molar-refractivity contribution < 1.29 is 9.53 Å². The highest BCUT2D eigenvalue weighted by Gasteiger charge is 2.28. The summed E-state index contributed by atoms with van der Waals surface area (Å²) in [4.78, 5) is 12.3. The average molecular weight is 260 g/mol. The molecule has 0 aromatic heterocycles. The van der Waals surface area contributed by atoms with Crippen molar-refractivity contribution in [2.75, 3.05) is 6.61 Å². The van der Waals surface area contributed by atoms with Gasteiger partial charge in [-0.3, -0.25) is 4.79 Å². The summed E-state index contributed by atoms with van der Waals surface area (Å²) < 4.78 is 5.62. The van der Waals surface area contributed by atoms with Gasteiger partial charge in [0.25, 0.3) is 0 Å². The molecule has 2 rings (SSSR count). The molecular weight excluding hydrogens is 236 g/mol. The molecule has 0 radical (unpaired) electrons. The molecule has 1 aliphatic carbocycles. The third kappa shape index (κ3) is 4.09. The lowest BCUT2D eigenvalue weighted by Crippen LogP contribution is -2.27. The molecule has 0 aliphatic heterocycles. The van der Waals surface area contributed by atoms with E-state index in [0.717, 1.165) is 18.6 Å². The number of Topliss-reactive ketones (excluding diaryl/α,β-unsaturated/α-hetero) is 1. The molecule has 1 fully saturated rings. The molecule has 2 heteroatoms. The molecule has 1 aliphatic rings. The molecule has 2 nitrogen and oxygen atoms in total. The predicted octanol–water partition coefficient (Wildman–Crippen LogP) is 4.24. The Morgan fingerprint density at radius 1 is 1.21 bits per heavy atom. The number of carbonyl (C=O) groups excluding carboxylic acids is 1. The lowest BCUT2D eigenvalue weighted by molar-refractivity contribution is -0.126. The van der Waals surface area contributed by atoms with E-state index in [4.69, 9.17) is 4.74 Å². The number of ketones is 1. The molecule has 104 valence electrons. The zero-order chi connectivity index (χ0) is 13.5. The van der Waals surface area contributed by atoms with Gasteiger partial charge in [0.2, 0.25) is 0 Å². The van der Waals surface area contributed by atoms with Crippen molar-refractivity contribution in [3.05, 3.63) is 30.3 Å². The monoisotopic (exact) mass is 260 g/mol. The van der Waals surface area contributed by atoms with E-state index in [9.17, 15) is 4.79 Å². The van der Waals surface area contributed by atoms with Gasteiger partial charge in [0, 0.05) is 12.3 Å². The normalized spacial score (nSPS) is 23.0. The molecule has 0 N–H and O–H groups in total. The minimum Gasteiger partial charge on any atom is -0.493 e. The van der Waals surface area contributed by atoms with Gasteiger partial charge in [-0.05, 0) is 30.9 Å². The number of ether oxygens (including phenoxy) is 1. The summed E-state index contributed by atoms with van der Waals surface area (Å²) in [5, 5.41) is 0. The third-order valence-electron chi connectivity index (χ3n) is 4.21. The first-order valence-electron chi connectivity index (χ1n) is 7.52. The van der Waals surface area contributed by atoms with Gasteiger partial charge >= 0.3 is 0 Å². The minimum absolute atomic E-state index is 0.290. The van der Waals surface area contributed by atoms with Crippen LogP contribution in [0.1, 0.15) is 45.4 Å². The Labute approximate surface area is 116 Å². The highest BCUT2D eigenvalue weighted by atomic mass is 16.5. The van der Waals surface area contributed by atoms with Crippen molar-refractivity contribution in [2.45, 2.75) is 45.4 Å². The van der Waals surface area contributed by atoms with Crippen molar-refractivity contribution in [1.29, 1.82) is 0 Å².